The summed E-state index contributed by atoms with van der Waals surface area (Å²) in [5.74, 6) is 0. The van der Waals surface area contributed by atoms with E-state index in [0.717, 1.165) is 0 Å². The van der Waals surface area contributed by atoms with Crippen LogP contribution in [0.2, 0.25) is 0 Å². The van der Waals surface area contributed by atoms with Gasteiger partial charge in [0, 0.05) is 10.8 Å². The van der Waals surface area contributed by atoms with Crippen LogP contribution >= 0.6 is 0 Å². The van der Waals surface area contributed by atoms with Crippen molar-refractivity contribution in [2.45, 2.75) is 38.5 Å². The smallest absolute Gasteiger partial charge is 0.0159 e. The van der Waals surface area contributed by atoms with Gasteiger partial charge >= 0.3 is 0 Å². The van der Waals surface area contributed by atoms with Gasteiger partial charge < -0.3 is 0 Å². The van der Waals surface area contributed by atoms with Crippen molar-refractivity contribution in [1.29, 1.82) is 0 Å². The second kappa shape index (κ2) is 13.6. The van der Waals surface area contributed by atoms with Crippen LogP contribution in [0, 0.1) is 0 Å². The van der Waals surface area contributed by atoms with Gasteiger partial charge in [-0.3, -0.25) is 0 Å². The molecule has 0 N–H and O–H groups in total. The highest BCUT2D eigenvalue weighted by Crippen LogP contribution is 2.53. The summed E-state index contributed by atoms with van der Waals surface area (Å²) in [5.41, 5.74) is 23.3. The van der Waals surface area contributed by atoms with Crippen LogP contribution in [0.25, 0.3) is 99.4 Å². The quantitative estimate of drug-likeness (QED) is 0.163. The van der Waals surface area contributed by atoms with Gasteiger partial charge in [-0.25, -0.2) is 0 Å². The molecular formula is C62H46. The van der Waals surface area contributed by atoms with Crippen LogP contribution in [0.4, 0.5) is 0 Å². The van der Waals surface area contributed by atoms with E-state index < -0.39 is 0 Å². The fourth-order valence-corrected chi connectivity index (χ4v) is 10.8. The molecular weight excluding hydrogens is 745 g/mol. The Morgan fingerprint density at radius 3 is 0.984 bits per heavy atom. The zero-order valence-electron chi connectivity index (χ0n) is 35.6. The zero-order chi connectivity index (χ0) is 41.7. The van der Waals surface area contributed by atoms with Crippen LogP contribution in [0.15, 0.2) is 206 Å². The Bertz CT molecular complexity index is 3450. The van der Waals surface area contributed by atoms with Gasteiger partial charge in [-0.2, -0.15) is 0 Å². The molecule has 0 atom stereocenters. The van der Waals surface area contributed by atoms with Crippen molar-refractivity contribution in [3.8, 4) is 77.9 Å². The molecule has 0 fully saturated rings. The molecule has 62 heavy (non-hydrogen) atoms. The first-order chi connectivity index (χ1) is 30.2. The molecule has 2 aliphatic carbocycles. The van der Waals surface area contributed by atoms with E-state index in [1.807, 2.05) is 0 Å². The van der Waals surface area contributed by atoms with Crippen molar-refractivity contribution in [3.05, 3.63) is 229 Å². The first-order valence-electron chi connectivity index (χ1n) is 22.0. The molecule has 0 amide bonds. The van der Waals surface area contributed by atoms with Crippen molar-refractivity contribution >= 4 is 21.5 Å². The summed E-state index contributed by atoms with van der Waals surface area (Å²) >= 11 is 0. The summed E-state index contributed by atoms with van der Waals surface area (Å²) in [4.78, 5) is 0. The molecule has 0 saturated carbocycles. The third kappa shape index (κ3) is 5.67. The molecule has 0 aromatic heterocycles. The molecule has 12 rings (SSSR count). The van der Waals surface area contributed by atoms with Gasteiger partial charge in [0.25, 0.3) is 0 Å². The third-order valence-corrected chi connectivity index (χ3v) is 14.3. The van der Waals surface area contributed by atoms with E-state index in [9.17, 15) is 0 Å². The van der Waals surface area contributed by atoms with Crippen molar-refractivity contribution in [2.24, 2.45) is 0 Å². The SMILES string of the molecule is CC1(C)c2cc(-c3ccc4c(c3)C(C)(C)c3cc(-c5ccccc5-c5ccccc5)ccc3-4)ccc2-c2ccc(-c3ccc4cc(-c5ccc6ccccc6c5)ccc4c3)cc21. The van der Waals surface area contributed by atoms with Gasteiger partial charge in [0.15, 0.2) is 0 Å². The minimum Gasteiger partial charge on any atom is -0.0622 e. The maximum Gasteiger partial charge on any atom is 0.0159 e. The van der Waals surface area contributed by atoms with Gasteiger partial charge in [0.1, 0.15) is 0 Å². The Balaban J connectivity index is 0.842. The second-order valence-corrected chi connectivity index (χ2v) is 18.5. The van der Waals surface area contributed by atoms with Crippen molar-refractivity contribution in [2.75, 3.05) is 0 Å². The Morgan fingerprint density at radius 1 is 0.210 bits per heavy atom. The zero-order valence-corrected chi connectivity index (χ0v) is 35.6. The fraction of sp³-hybridized carbons (Fsp3) is 0.0968. The molecule has 10 aromatic carbocycles. The highest BCUT2D eigenvalue weighted by atomic mass is 14.4. The molecule has 0 radical (unpaired) electrons. The van der Waals surface area contributed by atoms with Gasteiger partial charge in [-0.05, 0) is 164 Å². The highest BCUT2D eigenvalue weighted by Gasteiger charge is 2.38. The summed E-state index contributed by atoms with van der Waals surface area (Å²) in [6.07, 6.45) is 0. The lowest BCUT2D eigenvalue weighted by Gasteiger charge is -2.24. The molecule has 0 saturated heterocycles. The van der Waals surface area contributed by atoms with Crippen LogP contribution in [-0.4, -0.2) is 0 Å². The monoisotopic (exact) mass is 790 g/mol. The van der Waals surface area contributed by atoms with Gasteiger partial charge in [0.05, 0.1) is 0 Å². The summed E-state index contributed by atoms with van der Waals surface area (Å²) < 4.78 is 0. The standard InChI is InChI=1S/C62H46/c1-61(2)57-35-47(46-23-22-44-33-43(20-21-45(44)34-46)42-19-18-39-12-8-9-15-41(39)32-42)24-28-53(57)54-29-25-48(36-58(54)61)49-26-30-55-56-31-27-50(38-60(56)62(3,4)59(55)37-49)52-17-11-10-16-51(52)40-13-6-5-7-14-40/h5-38H,1-4H3. The average Bonchev–Trinajstić information content (AvgIpc) is 3.69. The maximum absolute atomic E-state index is 2.47. The molecule has 10 aromatic rings. The number of hydrogen-bond acceptors (Lipinski definition) is 0. The molecule has 2 aliphatic rings. The second-order valence-electron chi connectivity index (χ2n) is 18.5. The van der Waals surface area contributed by atoms with E-state index in [0.29, 0.717) is 0 Å². The minimum absolute atomic E-state index is 0.136. The van der Waals surface area contributed by atoms with Crippen LogP contribution in [0.5, 0.6) is 0 Å². The van der Waals surface area contributed by atoms with Crippen molar-refractivity contribution in [1.82, 2.24) is 0 Å². The topological polar surface area (TPSA) is 0 Å². The van der Waals surface area contributed by atoms with E-state index in [4.69, 9.17) is 0 Å². The first-order valence-corrected chi connectivity index (χ1v) is 22.0. The van der Waals surface area contributed by atoms with E-state index in [-0.39, 0.29) is 10.8 Å². The third-order valence-electron chi connectivity index (χ3n) is 14.3. The van der Waals surface area contributed by atoms with Gasteiger partial charge in [0.2, 0.25) is 0 Å². The van der Waals surface area contributed by atoms with Crippen LogP contribution < -0.4 is 0 Å². The number of benzene rings is 10. The molecule has 0 nitrogen and oxygen atoms in total. The molecule has 0 heteroatoms. The Hall–Kier alpha value is -7.28. The van der Waals surface area contributed by atoms with E-state index in [2.05, 4.69) is 234 Å². The van der Waals surface area contributed by atoms with E-state index in [1.54, 1.807) is 0 Å². The first kappa shape index (κ1) is 36.6. The van der Waals surface area contributed by atoms with Gasteiger partial charge in [-0.15, -0.1) is 0 Å². The van der Waals surface area contributed by atoms with Crippen LogP contribution in [0.1, 0.15) is 49.9 Å². The summed E-state index contributed by atoms with van der Waals surface area (Å²) in [7, 11) is 0. The van der Waals surface area contributed by atoms with E-state index >= 15 is 0 Å². The fourth-order valence-electron chi connectivity index (χ4n) is 10.8. The predicted molar refractivity (Wildman–Crippen MR) is 264 cm³/mol. The Labute approximate surface area is 364 Å². The molecule has 0 spiro atoms. The van der Waals surface area contributed by atoms with Crippen molar-refractivity contribution < 1.29 is 0 Å². The average molecular weight is 791 g/mol. The molecule has 0 unspecified atom stereocenters. The maximum atomic E-state index is 2.47. The van der Waals surface area contributed by atoms with E-state index in [1.165, 1.54) is 122 Å². The Kier molecular flexibility index (Phi) is 8.03. The Morgan fingerprint density at radius 2 is 0.516 bits per heavy atom. The number of rotatable bonds is 5. The number of fused-ring (bicyclic) bond motifs is 8. The molecule has 0 heterocycles. The highest BCUT2D eigenvalue weighted by molar-refractivity contribution is 5.95. The molecule has 0 aliphatic heterocycles. The van der Waals surface area contributed by atoms with Gasteiger partial charge in [-0.1, -0.05) is 191 Å². The number of hydrogen-bond donors (Lipinski definition) is 0. The predicted octanol–water partition coefficient (Wildman–Crippen LogP) is 16.9. The normalized spacial score (nSPS) is 14.1. The van der Waals surface area contributed by atoms with Crippen LogP contribution in [0.3, 0.4) is 0 Å². The summed E-state index contributed by atoms with van der Waals surface area (Å²) in [5, 5.41) is 5.06. The molecule has 0 bridgehead atoms. The van der Waals surface area contributed by atoms with Crippen LogP contribution in [-0.2, 0) is 10.8 Å². The lowest BCUT2D eigenvalue weighted by molar-refractivity contribution is 0.660. The summed E-state index contributed by atoms with van der Waals surface area (Å²) in [6.45, 7) is 9.59. The van der Waals surface area contributed by atoms with Crippen molar-refractivity contribution in [3.63, 3.8) is 0 Å². The summed E-state index contributed by atoms with van der Waals surface area (Å²) in [6, 6.07) is 77.2. The lowest BCUT2D eigenvalue weighted by atomic mass is 9.79. The molecule has 294 valence electrons. The lowest BCUT2D eigenvalue weighted by Crippen LogP contribution is -2.15. The minimum atomic E-state index is -0.138. The largest absolute Gasteiger partial charge is 0.0622 e.